The number of sulfonamides is 1. The van der Waals surface area contributed by atoms with Crippen LogP contribution in [0.1, 0.15) is 20.3 Å². The lowest BCUT2D eigenvalue weighted by Crippen LogP contribution is -2.39. The highest BCUT2D eigenvalue weighted by atomic mass is 32.2. The molecule has 0 amide bonds. The summed E-state index contributed by atoms with van der Waals surface area (Å²) in [5, 5.41) is 0.0779. The van der Waals surface area contributed by atoms with E-state index >= 15 is 0 Å². The number of aromatic amines is 1. The van der Waals surface area contributed by atoms with E-state index in [4.69, 9.17) is 18.0 Å². The quantitative estimate of drug-likeness (QED) is 0.738. The number of hydrogen-bond acceptors (Lipinski definition) is 4. The Balaban J connectivity index is 2.95. The smallest absolute Gasteiger partial charge is 0.260 e. The van der Waals surface area contributed by atoms with Gasteiger partial charge in [0.2, 0.25) is 0 Å². The van der Waals surface area contributed by atoms with E-state index in [1.165, 1.54) is 16.8 Å². The van der Waals surface area contributed by atoms with Gasteiger partial charge in [0.25, 0.3) is 10.0 Å². The van der Waals surface area contributed by atoms with Crippen molar-refractivity contribution in [1.29, 1.82) is 0 Å². The Labute approximate surface area is 106 Å². The number of hydrogen-bond donors (Lipinski definition) is 2. The van der Waals surface area contributed by atoms with Crippen LogP contribution in [0.5, 0.6) is 0 Å². The maximum Gasteiger partial charge on any atom is 0.260 e. The lowest BCUT2D eigenvalue weighted by Gasteiger charge is -2.24. The van der Waals surface area contributed by atoms with Crippen LogP contribution in [0.4, 0.5) is 0 Å². The molecule has 0 bridgehead atoms. The second kappa shape index (κ2) is 5.56. The average Bonchev–Trinajstić information content (AvgIpc) is 2.69. The van der Waals surface area contributed by atoms with Crippen LogP contribution in [0, 0.1) is 0 Å². The molecule has 6 nitrogen and oxygen atoms in total. The summed E-state index contributed by atoms with van der Waals surface area (Å²) < 4.78 is 25.8. The predicted molar refractivity (Wildman–Crippen MR) is 69.0 cm³/mol. The molecule has 0 saturated carbocycles. The van der Waals surface area contributed by atoms with Crippen LogP contribution in [0.3, 0.4) is 0 Å². The fraction of sp³-hybridized carbons (Fsp3) is 0.556. The first kappa shape index (κ1) is 14.1. The van der Waals surface area contributed by atoms with Gasteiger partial charge >= 0.3 is 0 Å². The minimum atomic E-state index is -3.55. The van der Waals surface area contributed by atoms with Gasteiger partial charge in [0.05, 0.1) is 17.5 Å². The molecule has 0 saturated heterocycles. The molecule has 3 N–H and O–H groups in total. The van der Waals surface area contributed by atoms with Gasteiger partial charge in [-0.15, -0.1) is 0 Å². The number of rotatable bonds is 6. The Morgan fingerprint density at radius 2 is 2.29 bits per heavy atom. The number of thiocarbonyl (C=S) groups is 1. The van der Waals surface area contributed by atoms with Gasteiger partial charge in [-0.25, -0.2) is 13.4 Å². The molecule has 0 aliphatic carbocycles. The Bertz CT molecular complexity index is 467. The molecule has 1 heterocycles. The maximum absolute atomic E-state index is 12.2. The van der Waals surface area contributed by atoms with E-state index in [9.17, 15) is 8.42 Å². The number of aromatic nitrogens is 2. The van der Waals surface area contributed by atoms with E-state index in [1.54, 1.807) is 13.8 Å². The minimum Gasteiger partial charge on any atom is -0.393 e. The van der Waals surface area contributed by atoms with Gasteiger partial charge in [-0.1, -0.05) is 12.2 Å². The first-order chi connectivity index (χ1) is 7.85. The molecule has 0 atom stereocenters. The summed E-state index contributed by atoms with van der Waals surface area (Å²) >= 11 is 4.76. The first-order valence-corrected chi connectivity index (χ1v) is 6.99. The molecule has 1 aromatic rings. The lowest BCUT2D eigenvalue weighted by molar-refractivity contribution is 0.361. The second-order valence-electron chi connectivity index (χ2n) is 3.84. The summed E-state index contributed by atoms with van der Waals surface area (Å²) in [6.07, 6.45) is 2.98. The van der Waals surface area contributed by atoms with Gasteiger partial charge < -0.3 is 10.7 Å². The van der Waals surface area contributed by atoms with Gasteiger partial charge in [-0.05, 0) is 13.8 Å². The van der Waals surface area contributed by atoms with E-state index in [2.05, 4.69) is 9.97 Å². The zero-order valence-corrected chi connectivity index (χ0v) is 11.4. The lowest BCUT2D eigenvalue weighted by atomic mass is 10.3. The number of imidazole rings is 1. The predicted octanol–water partition coefficient (Wildman–Crippen LogP) is 0.485. The highest BCUT2D eigenvalue weighted by molar-refractivity contribution is 7.89. The molecule has 0 unspecified atom stereocenters. The van der Waals surface area contributed by atoms with Gasteiger partial charge in [0.15, 0.2) is 5.03 Å². The molecule has 17 heavy (non-hydrogen) atoms. The molecule has 8 heteroatoms. The Morgan fingerprint density at radius 1 is 1.65 bits per heavy atom. The first-order valence-electron chi connectivity index (χ1n) is 5.14. The molecule has 1 aromatic heterocycles. The maximum atomic E-state index is 12.2. The molecular formula is C9H16N4O2S2. The summed E-state index contributed by atoms with van der Waals surface area (Å²) in [5.41, 5.74) is 5.39. The summed E-state index contributed by atoms with van der Waals surface area (Å²) in [5.74, 6) is 0. The fourth-order valence-electron chi connectivity index (χ4n) is 1.39. The normalized spacial score (nSPS) is 12.2. The zero-order valence-electron chi connectivity index (χ0n) is 9.75. The highest BCUT2D eigenvalue weighted by Crippen LogP contribution is 2.15. The van der Waals surface area contributed by atoms with Crippen LogP contribution in [-0.4, -0.2) is 40.3 Å². The molecule has 0 aliphatic rings. The van der Waals surface area contributed by atoms with Gasteiger partial charge in [0.1, 0.15) is 0 Å². The summed E-state index contributed by atoms with van der Waals surface area (Å²) in [6.45, 7) is 3.87. The van der Waals surface area contributed by atoms with Crippen molar-refractivity contribution < 1.29 is 8.42 Å². The Morgan fingerprint density at radius 3 is 2.71 bits per heavy atom. The molecular weight excluding hydrogens is 260 g/mol. The van der Waals surface area contributed by atoms with Crippen LogP contribution in [-0.2, 0) is 10.0 Å². The SMILES string of the molecule is CC(C)N(CCC(N)=S)S(=O)(=O)c1cnc[nH]1. The largest absolute Gasteiger partial charge is 0.393 e. The van der Waals surface area contributed by atoms with Gasteiger partial charge in [-0.2, -0.15) is 4.31 Å². The van der Waals surface area contributed by atoms with Crippen molar-refractivity contribution in [1.82, 2.24) is 14.3 Å². The molecule has 0 aromatic carbocycles. The molecule has 0 aliphatic heterocycles. The summed E-state index contributed by atoms with van der Waals surface area (Å²) in [6, 6.07) is -0.169. The Kier molecular flexibility index (Phi) is 4.61. The van der Waals surface area contributed by atoms with Crippen molar-refractivity contribution in [3.63, 3.8) is 0 Å². The average molecular weight is 276 g/mol. The topological polar surface area (TPSA) is 92.1 Å². The third-order valence-electron chi connectivity index (χ3n) is 2.21. The summed E-state index contributed by atoms with van der Waals surface area (Å²) in [7, 11) is -3.55. The van der Waals surface area contributed by atoms with Crippen LogP contribution < -0.4 is 5.73 Å². The fourth-order valence-corrected chi connectivity index (χ4v) is 3.01. The number of nitrogens with one attached hydrogen (secondary N) is 1. The van der Waals surface area contributed by atoms with Crippen molar-refractivity contribution in [3.8, 4) is 0 Å². The highest BCUT2D eigenvalue weighted by Gasteiger charge is 2.27. The molecule has 0 spiro atoms. The van der Waals surface area contributed by atoms with Crippen molar-refractivity contribution in [2.45, 2.75) is 31.3 Å². The van der Waals surface area contributed by atoms with E-state index in [1.807, 2.05) is 0 Å². The molecule has 0 fully saturated rings. The van der Waals surface area contributed by atoms with Gasteiger partial charge in [0, 0.05) is 19.0 Å². The molecule has 0 radical (unpaired) electrons. The second-order valence-corrected chi connectivity index (χ2v) is 6.23. The zero-order chi connectivity index (χ0) is 13.1. The number of nitrogens with zero attached hydrogens (tertiary/aromatic N) is 2. The van der Waals surface area contributed by atoms with Crippen LogP contribution in [0.2, 0.25) is 0 Å². The van der Waals surface area contributed by atoms with E-state index < -0.39 is 10.0 Å². The molecule has 96 valence electrons. The van der Waals surface area contributed by atoms with Crippen molar-refractivity contribution >= 4 is 27.2 Å². The van der Waals surface area contributed by atoms with Crippen LogP contribution >= 0.6 is 12.2 Å². The van der Waals surface area contributed by atoms with Crippen molar-refractivity contribution in [2.75, 3.05) is 6.54 Å². The minimum absolute atomic E-state index is 0.0779. The third kappa shape index (κ3) is 3.48. The number of nitrogens with two attached hydrogens (primary N) is 1. The molecule has 1 rings (SSSR count). The van der Waals surface area contributed by atoms with Crippen LogP contribution in [0.15, 0.2) is 17.6 Å². The monoisotopic (exact) mass is 276 g/mol. The number of H-pyrrole nitrogens is 1. The standard InChI is InChI=1S/C9H16N4O2S2/c1-7(2)13(4-3-8(10)16)17(14,15)9-5-11-6-12-9/h5-7H,3-4H2,1-2H3,(H2,10,16)(H,11,12). The van der Waals surface area contributed by atoms with Crippen LogP contribution in [0.25, 0.3) is 0 Å². The van der Waals surface area contributed by atoms with Crippen molar-refractivity contribution in [2.24, 2.45) is 5.73 Å². The third-order valence-corrected chi connectivity index (χ3v) is 4.42. The van der Waals surface area contributed by atoms with E-state index in [-0.39, 0.29) is 17.6 Å². The Hall–Kier alpha value is -0.990. The summed E-state index contributed by atoms with van der Waals surface area (Å²) in [4.78, 5) is 6.61. The van der Waals surface area contributed by atoms with Crippen molar-refractivity contribution in [3.05, 3.63) is 12.5 Å². The van der Waals surface area contributed by atoms with E-state index in [0.717, 1.165) is 0 Å². The van der Waals surface area contributed by atoms with E-state index in [0.29, 0.717) is 11.4 Å². The van der Waals surface area contributed by atoms with Gasteiger partial charge in [-0.3, -0.25) is 0 Å².